The van der Waals surface area contributed by atoms with Crippen LogP contribution in [0.4, 0.5) is 0 Å². The number of hydrogen-bond donors (Lipinski definition) is 2. The molecule has 1 aromatic carbocycles. The Balaban J connectivity index is 1.96. The number of methoxy groups -OCH3 is 1. The fourth-order valence-corrected chi connectivity index (χ4v) is 3.31. The number of aromatic amines is 1. The van der Waals surface area contributed by atoms with Gasteiger partial charge in [0.1, 0.15) is 5.54 Å². The third-order valence-corrected chi connectivity index (χ3v) is 4.35. The third-order valence-electron chi connectivity index (χ3n) is 4.35. The van der Waals surface area contributed by atoms with Gasteiger partial charge in [-0.25, -0.2) is 0 Å². The van der Waals surface area contributed by atoms with Crippen LogP contribution in [0.1, 0.15) is 44.0 Å². The number of para-hydroxylation sites is 1. The highest BCUT2D eigenvalue weighted by Crippen LogP contribution is 2.35. The van der Waals surface area contributed by atoms with E-state index in [1.807, 2.05) is 19.9 Å². The SMILES string of the molecule is COC(=O)C(C)(C)NC1CCCc2c1[nH]c1ccccc21. The summed E-state index contributed by atoms with van der Waals surface area (Å²) in [6.07, 6.45) is 3.25. The van der Waals surface area contributed by atoms with Gasteiger partial charge >= 0.3 is 5.97 Å². The van der Waals surface area contributed by atoms with Crippen molar-refractivity contribution < 1.29 is 9.53 Å². The summed E-state index contributed by atoms with van der Waals surface area (Å²) in [5, 5.41) is 4.76. The number of nitrogens with one attached hydrogen (secondary N) is 2. The molecule has 2 N–H and O–H groups in total. The molecule has 1 aliphatic rings. The van der Waals surface area contributed by atoms with Crippen molar-refractivity contribution in [3.05, 3.63) is 35.5 Å². The second-order valence-electron chi connectivity index (χ2n) is 6.27. The average Bonchev–Trinajstić information content (AvgIpc) is 2.86. The number of carbonyl (C=O) groups is 1. The molecule has 4 heteroatoms. The number of fused-ring (bicyclic) bond motifs is 3. The Morgan fingerprint density at radius 1 is 1.38 bits per heavy atom. The largest absolute Gasteiger partial charge is 0.468 e. The molecule has 0 spiro atoms. The van der Waals surface area contributed by atoms with Gasteiger partial charge in [-0.15, -0.1) is 0 Å². The Morgan fingerprint density at radius 3 is 2.90 bits per heavy atom. The molecule has 21 heavy (non-hydrogen) atoms. The minimum Gasteiger partial charge on any atom is -0.468 e. The fourth-order valence-electron chi connectivity index (χ4n) is 3.31. The molecule has 112 valence electrons. The van der Waals surface area contributed by atoms with Gasteiger partial charge in [0.15, 0.2) is 0 Å². The highest BCUT2D eigenvalue weighted by molar-refractivity contribution is 5.85. The summed E-state index contributed by atoms with van der Waals surface area (Å²) in [6, 6.07) is 8.56. The summed E-state index contributed by atoms with van der Waals surface area (Å²) < 4.78 is 4.89. The highest BCUT2D eigenvalue weighted by atomic mass is 16.5. The standard InChI is InChI=1S/C17H22N2O2/c1-17(2,16(20)21-3)19-14-10-6-8-12-11-7-4-5-9-13(11)18-15(12)14/h4-5,7,9,14,18-19H,6,8,10H2,1-3H3. The zero-order valence-corrected chi connectivity index (χ0v) is 12.8. The molecule has 0 bridgehead atoms. The van der Waals surface area contributed by atoms with Crippen LogP contribution in [0.3, 0.4) is 0 Å². The minimum atomic E-state index is -0.689. The minimum absolute atomic E-state index is 0.162. The molecular formula is C17H22N2O2. The summed E-state index contributed by atoms with van der Waals surface area (Å²) in [5.74, 6) is -0.231. The van der Waals surface area contributed by atoms with Crippen LogP contribution in [0.2, 0.25) is 0 Å². The first-order valence-electron chi connectivity index (χ1n) is 7.48. The van der Waals surface area contributed by atoms with Crippen LogP contribution in [0.5, 0.6) is 0 Å². The summed E-state index contributed by atoms with van der Waals surface area (Å²) in [5.41, 5.74) is 3.09. The molecule has 1 aromatic heterocycles. The van der Waals surface area contributed by atoms with Gasteiger partial charge in [-0.1, -0.05) is 18.2 Å². The van der Waals surface area contributed by atoms with Crippen LogP contribution < -0.4 is 5.32 Å². The summed E-state index contributed by atoms with van der Waals surface area (Å²) in [6.45, 7) is 3.74. The molecule has 3 rings (SSSR count). The van der Waals surface area contributed by atoms with E-state index in [1.165, 1.54) is 29.3 Å². The normalized spacial score (nSPS) is 18.5. The summed E-state index contributed by atoms with van der Waals surface area (Å²) in [4.78, 5) is 15.4. The number of carbonyl (C=O) groups excluding carboxylic acids is 1. The van der Waals surface area contributed by atoms with E-state index in [0.29, 0.717) is 0 Å². The highest BCUT2D eigenvalue weighted by Gasteiger charge is 2.34. The third kappa shape index (κ3) is 2.44. The van der Waals surface area contributed by atoms with Crippen molar-refractivity contribution in [3.63, 3.8) is 0 Å². The molecule has 0 saturated carbocycles. The number of hydrogen-bond acceptors (Lipinski definition) is 3. The Bertz CT molecular complexity index is 672. The molecular weight excluding hydrogens is 264 g/mol. The predicted octanol–water partition coefficient (Wildman–Crippen LogP) is 3.09. The Hall–Kier alpha value is -1.81. The predicted molar refractivity (Wildman–Crippen MR) is 83.2 cm³/mol. The lowest BCUT2D eigenvalue weighted by Gasteiger charge is -2.32. The van der Waals surface area contributed by atoms with E-state index >= 15 is 0 Å². The molecule has 1 atom stereocenters. The van der Waals surface area contributed by atoms with Crippen LogP contribution >= 0.6 is 0 Å². The molecule has 0 aliphatic heterocycles. The Kier molecular flexibility index (Phi) is 3.49. The van der Waals surface area contributed by atoms with Gasteiger partial charge in [-0.05, 0) is 44.7 Å². The molecule has 0 fully saturated rings. The lowest BCUT2D eigenvalue weighted by Crippen LogP contribution is -2.49. The lowest BCUT2D eigenvalue weighted by molar-refractivity contribution is -0.147. The number of aryl methyl sites for hydroxylation is 1. The number of esters is 1. The Morgan fingerprint density at radius 2 is 2.14 bits per heavy atom. The number of ether oxygens (including phenoxy) is 1. The quantitative estimate of drug-likeness (QED) is 0.853. The van der Waals surface area contributed by atoms with E-state index < -0.39 is 5.54 Å². The van der Waals surface area contributed by atoms with E-state index in [4.69, 9.17) is 4.74 Å². The van der Waals surface area contributed by atoms with Gasteiger partial charge in [0.25, 0.3) is 0 Å². The number of rotatable bonds is 3. The first-order valence-corrected chi connectivity index (χ1v) is 7.48. The second kappa shape index (κ2) is 5.19. The van der Waals surface area contributed by atoms with Gasteiger partial charge in [-0.3, -0.25) is 10.1 Å². The van der Waals surface area contributed by atoms with Crippen molar-refractivity contribution >= 4 is 16.9 Å². The van der Waals surface area contributed by atoms with Crippen LogP contribution in [0.25, 0.3) is 10.9 Å². The summed E-state index contributed by atoms with van der Waals surface area (Å²) >= 11 is 0. The van der Waals surface area contributed by atoms with Gasteiger partial charge in [-0.2, -0.15) is 0 Å². The maximum Gasteiger partial charge on any atom is 0.325 e. The molecule has 4 nitrogen and oxygen atoms in total. The fraction of sp³-hybridized carbons (Fsp3) is 0.471. The van der Waals surface area contributed by atoms with Crippen molar-refractivity contribution in [2.24, 2.45) is 0 Å². The van der Waals surface area contributed by atoms with Crippen LogP contribution in [-0.4, -0.2) is 23.6 Å². The van der Waals surface area contributed by atoms with Crippen molar-refractivity contribution in [3.8, 4) is 0 Å². The second-order valence-corrected chi connectivity index (χ2v) is 6.27. The molecule has 1 heterocycles. The number of benzene rings is 1. The van der Waals surface area contributed by atoms with Crippen molar-refractivity contribution in [1.29, 1.82) is 0 Å². The first-order chi connectivity index (χ1) is 10.0. The maximum atomic E-state index is 11.9. The van der Waals surface area contributed by atoms with Gasteiger partial charge < -0.3 is 9.72 Å². The maximum absolute atomic E-state index is 11.9. The smallest absolute Gasteiger partial charge is 0.325 e. The van der Waals surface area contributed by atoms with E-state index in [0.717, 1.165) is 19.3 Å². The van der Waals surface area contributed by atoms with Crippen LogP contribution in [0.15, 0.2) is 24.3 Å². The summed E-state index contributed by atoms with van der Waals surface area (Å²) in [7, 11) is 1.43. The van der Waals surface area contributed by atoms with E-state index in [-0.39, 0.29) is 12.0 Å². The van der Waals surface area contributed by atoms with Gasteiger partial charge in [0.05, 0.1) is 7.11 Å². The zero-order valence-electron chi connectivity index (χ0n) is 12.8. The molecule has 1 aliphatic carbocycles. The Labute approximate surface area is 124 Å². The number of aromatic nitrogens is 1. The van der Waals surface area contributed by atoms with E-state index in [1.54, 1.807) is 0 Å². The van der Waals surface area contributed by atoms with Crippen LogP contribution in [0, 0.1) is 0 Å². The van der Waals surface area contributed by atoms with Crippen LogP contribution in [-0.2, 0) is 16.0 Å². The lowest BCUT2D eigenvalue weighted by atomic mass is 9.90. The van der Waals surface area contributed by atoms with Gasteiger partial charge in [0, 0.05) is 22.6 Å². The molecule has 0 amide bonds. The van der Waals surface area contributed by atoms with E-state index in [2.05, 4.69) is 28.5 Å². The van der Waals surface area contributed by atoms with Gasteiger partial charge in [0.2, 0.25) is 0 Å². The molecule has 0 radical (unpaired) electrons. The first kappa shape index (κ1) is 14.1. The van der Waals surface area contributed by atoms with E-state index in [9.17, 15) is 4.79 Å². The molecule has 2 aromatic rings. The van der Waals surface area contributed by atoms with Crippen molar-refractivity contribution in [2.45, 2.75) is 44.7 Å². The molecule has 0 saturated heterocycles. The zero-order chi connectivity index (χ0) is 15.0. The topological polar surface area (TPSA) is 54.1 Å². The van der Waals surface area contributed by atoms with Crippen molar-refractivity contribution in [1.82, 2.24) is 10.3 Å². The monoisotopic (exact) mass is 286 g/mol. The van der Waals surface area contributed by atoms with Crippen molar-refractivity contribution in [2.75, 3.05) is 7.11 Å². The number of H-pyrrole nitrogens is 1. The average molecular weight is 286 g/mol. The molecule has 1 unspecified atom stereocenters.